The summed E-state index contributed by atoms with van der Waals surface area (Å²) in [6.45, 7) is 2.23. The molecule has 25 heavy (non-hydrogen) atoms. The molecule has 0 bridgehead atoms. The predicted octanol–water partition coefficient (Wildman–Crippen LogP) is 4.98. The number of phenolic OH excluding ortho intramolecular Hbond substituents is 1. The van der Waals surface area contributed by atoms with Crippen molar-refractivity contribution >= 4 is 10.4 Å². The van der Waals surface area contributed by atoms with Crippen LogP contribution < -0.4 is 13.1 Å². The van der Waals surface area contributed by atoms with Gasteiger partial charge >= 0.3 is 10.4 Å². The minimum absolute atomic E-state index is 0.0228. The number of hydrogen-bond donors (Lipinski definition) is 1. The molecule has 2 heterocycles. The Morgan fingerprint density at radius 3 is 1.96 bits per heavy atom. The summed E-state index contributed by atoms with van der Waals surface area (Å²) in [4.78, 5) is 0. The van der Waals surface area contributed by atoms with Crippen LogP contribution in [0.2, 0.25) is 0 Å². The summed E-state index contributed by atoms with van der Waals surface area (Å²) in [6.07, 6.45) is 12.7. The molecule has 0 radical (unpaired) electrons. The summed E-state index contributed by atoms with van der Waals surface area (Å²) in [5.41, 5.74) is 0.465. The number of phenols is 1. The molecule has 3 rings (SSSR count). The van der Waals surface area contributed by atoms with Gasteiger partial charge in [0.2, 0.25) is 23.0 Å². The second kappa shape index (κ2) is 7.72. The van der Waals surface area contributed by atoms with Gasteiger partial charge in [-0.2, -0.15) is 0 Å². The van der Waals surface area contributed by atoms with Crippen LogP contribution >= 0.6 is 0 Å². The molecule has 0 saturated carbocycles. The maximum Gasteiger partial charge on any atom is 0.501 e. The summed E-state index contributed by atoms with van der Waals surface area (Å²) >= 11 is 0. The highest BCUT2D eigenvalue weighted by Crippen LogP contribution is 2.66. The van der Waals surface area contributed by atoms with Crippen molar-refractivity contribution in [1.29, 1.82) is 0 Å². The van der Waals surface area contributed by atoms with Crippen LogP contribution in [0.15, 0.2) is 0 Å². The highest BCUT2D eigenvalue weighted by Gasteiger charge is 2.45. The van der Waals surface area contributed by atoms with Gasteiger partial charge in [-0.15, -0.1) is 8.42 Å². The average molecular weight is 370 g/mol. The Bertz CT molecular complexity index is 726. The molecule has 0 saturated heterocycles. The summed E-state index contributed by atoms with van der Waals surface area (Å²) in [5.74, 6) is 0.715. The molecular formula is C18H26O6S. The molecule has 6 nitrogen and oxygen atoms in total. The summed E-state index contributed by atoms with van der Waals surface area (Å²) < 4.78 is 37.8. The molecule has 0 unspecified atom stereocenters. The third-order valence-corrected chi connectivity index (χ3v) is 5.45. The number of fused-ring (bicyclic) bond motifs is 3. The maximum absolute atomic E-state index is 11.5. The first-order valence-electron chi connectivity index (χ1n) is 9.27. The van der Waals surface area contributed by atoms with E-state index in [-0.39, 0.29) is 23.0 Å². The van der Waals surface area contributed by atoms with Crippen LogP contribution in [0.5, 0.6) is 28.7 Å². The van der Waals surface area contributed by atoms with Gasteiger partial charge in [-0.3, -0.25) is 0 Å². The molecule has 0 fully saturated rings. The Morgan fingerprint density at radius 2 is 1.32 bits per heavy atom. The van der Waals surface area contributed by atoms with E-state index in [0.29, 0.717) is 17.7 Å². The molecule has 7 heteroatoms. The van der Waals surface area contributed by atoms with Crippen molar-refractivity contribution in [3.05, 3.63) is 5.56 Å². The predicted molar refractivity (Wildman–Crippen MR) is 93.9 cm³/mol. The number of benzene rings is 1. The molecule has 140 valence electrons. The fourth-order valence-electron chi connectivity index (χ4n) is 3.27. The van der Waals surface area contributed by atoms with Crippen LogP contribution in [0.4, 0.5) is 0 Å². The molecule has 0 aliphatic carbocycles. The minimum atomic E-state index is -4.08. The minimum Gasteiger partial charge on any atom is -0.504 e. The second-order valence-corrected chi connectivity index (χ2v) is 7.90. The summed E-state index contributed by atoms with van der Waals surface area (Å²) in [7, 11) is -4.08. The van der Waals surface area contributed by atoms with Crippen molar-refractivity contribution < 1.29 is 26.6 Å². The molecular weight excluding hydrogens is 344 g/mol. The Kier molecular flexibility index (Phi) is 5.61. The van der Waals surface area contributed by atoms with Gasteiger partial charge in [-0.05, 0) is 12.8 Å². The second-order valence-electron chi connectivity index (χ2n) is 6.75. The monoisotopic (exact) mass is 370 g/mol. The molecule has 0 aromatic heterocycles. The molecule has 1 aromatic carbocycles. The number of ether oxygens (including phenoxy) is 1. The molecule has 2 aliphatic rings. The lowest BCUT2D eigenvalue weighted by molar-refractivity contribution is 0.427. The van der Waals surface area contributed by atoms with E-state index in [2.05, 4.69) is 6.92 Å². The van der Waals surface area contributed by atoms with Gasteiger partial charge < -0.3 is 18.2 Å². The Hall–Kier alpha value is -1.63. The van der Waals surface area contributed by atoms with Gasteiger partial charge in [0.05, 0.1) is 0 Å². The Labute approximate surface area is 149 Å². The number of unbranched alkanes of at least 4 members (excludes halogenated alkanes) is 9. The van der Waals surface area contributed by atoms with Gasteiger partial charge in [0, 0.05) is 5.56 Å². The van der Waals surface area contributed by atoms with Gasteiger partial charge in [0.1, 0.15) is 0 Å². The van der Waals surface area contributed by atoms with E-state index < -0.39 is 10.4 Å². The zero-order valence-corrected chi connectivity index (χ0v) is 15.5. The van der Waals surface area contributed by atoms with Crippen molar-refractivity contribution in [2.75, 3.05) is 0 Å². The summed E-state index contributed by atoms with van der Waals surface area (Å²) in [6, 6.07) is 0. The third-order valence-electron chi connectivity index (χ3n) is 4.71. The van der Waals surface area contributed by atoms with Crippen LogP contribution in [0.3, 0.4) is 0 Å². The largest absolute Gasteiger partial charge is 0.504 e. The van der Waals surface area contributed by atoms with Crippen molar-refractivity contribution in [3.8, 4) is 28.7 Å². The van der Waals surface area contributed by atoms with Gasteiger partial charge in [-0.25, -0.2) is 0 Å². The number of aromatic hydroxyl groups is 1. The summed E-state index contributed by atoms with van der Waals surface area (Å²) in [5, 5.41) is 10.2. The standard InChI is InChI=1S/C18H26O6S/c1-2-3-4-5-6-7-8-9-10-11-12-13-14(19)16-17(22-16)18-15(13)23-25(20,21)24-18/h19H,2-12H2,1H3. The smallest absolute Gasteiger partial charge is 0.501 e. The third kappa shape index (κ3) is 4.32. The van der Waals surface area contributed by atoms with Gasteiger partial charge in [0.25, 0.3) is 0 Å². The maximum atomic E-state index is 11.5. The van der Waals surface area contributed by atoms with E-state index in [1.165, 1.54) is 44.9 Å². The van der Waals surface area contributed by atoms with Crippen molar-refractivity contribution in [3.63, 3.8) is 0 Å². The normalized spacial score (nSPS) is 15.7. The first kappa shape index (κ1) is 18.2. The van der Waals surface area contributed by atoms with Crippen molar-refractivity contribution in [2.45, 2.75) is 77.6 Å². The molecule has 0 spiro atoms. The molecule has 1 N–H and O–H groups in total. The Morgan fingerprint density at radius 1 is 0.760 bits per heavy atom. The Balaban J connectivity index is 1.42. The quantitative estimate of drug-likeness (QED) is 0.444. The molecule has 0 amide bonds. The van der Waals surface area contributed by atoms with E-state index in [0.717, 1.165) is 19.3 Å². The van der Waals surface area contributed by atoms with Gasteiger partial charge in [0.15, 0.2) is 5.75 Å². The lowest BCUT2D eigenvalue weighted by Gasteiger charge is -2.05. The molecule has 2 aliphatic heterocycles. The van der Waals surface area contributed by atoms with Crippen LogP contribution in [0.1, 0.15) is 76.7 Å². The first-order valence-corrected chi connectivity index (χ1v) is 10.6. The van der Waals surface area contributed by atoms with Crippen LogP contribution in [-0.2, 0) is 16.8 Å². The van der Waals surface area contributed by atoms with E-state index >= 15 is 0 Å². The van der Waals surface area contributed by atoms with E-state index in [9.17, 15) is 13.5 Å². The topological polar surface area (TPSA) is 85.4 Å². The van der Waals surface area contributed by atoms with Crippen LogP contribution in [0, 0.1) is 0 Å². The van der Waals surface area contributed by atoms with Crippen LogP contribution in [-0.4, -0.2) is 13.5 Å². The highest BCUT2D eigenvalue weighted by atomic mass is 32.3. The zero-order valence-electron chi connectivity index (χ0n) is 14.7. The van der Waals surface area contributed by atoms with E-state index in [1.807, 2.05) is 0 Å². The zero-order chi connectivity index (χ0) is 17.9. The van der Waals surface area contributed by atoms with E-state index in [1.54, 1.807) is 0 Å². The SMILES string of the molecule is CCCCCCCCCCCCc1c(O)c2c(c3c1OS(=O)(=O)O3)O2. The number of hydrogen-bond acceptors (Lipinski definition) is 6. The molecule has 0 atom stereocenters. The lowest BCUT2D eigenvalue weighted by Crippen LogP contribution is -2.08. The lowest BCUT2D eigenvalue weighted by atomic mass is 10.0. The fourth-order valence-corrected chi connectivity index (χ4v) is 4.04. The first-order chi connectivity index (χ1) is 12.0. The number of rotatable bonds is 11. The highest BCUT2D eigenvalue weighted by molar-refractivity contribution is 7.82. The van der Waals surface area contributed by atoms with Gasteiger partial charge in [-0.1, -0.05) is 64.7 Å². The molecule has 1 aromatic rings. The van der Waals surface area contributed by atoms with Crippen molar-refractivity contribution in [1.82, 2.24) is 0 Å². The average Bonchev–Trinajstić information content (AvgIpc) is 3.30. The van der Waals surface area contributed by atoms with E-state index in [4.69, 9.17) is 13.1 Å². The van der Waals surface area contributed by atoms with Crippen LogP contribution in [0.25, 0.3) is 0 Å². The fraction of sp³-hybridized carbons (Fsp3) is 0.667. The van der Waals surface area contributed by atoms with Crippen molar-refractivity contribution in [2.24, 2.45) is 0 Å².